The SMILES string of the molecule is CC(C)[C@H]1CC[C@H](C)CC1OCC(=O)NCCCC[C@H](N)C(=O)CCCCCCCCCNCCCN. The molecule has 0 aromatic heterocycles. The molecule has 218 valence electrons. The Labute approximate surface area is 228 Å². The van der Waals surface area contributed by atoms with Crippen molar-refractivity contribution in [2.24, 2.45) is 29.2 Å². The van der Waals surface area contributed by atoms with Crippen molar-refractivity contribution in [2.75, 3.05) is 32.8 Å². The van der Waals surface area contributed by atoms with Gasteiger partial charge in [0.1, 0.15) is 12.4 Å². The first-order valence-electron chi connectivity index (χ1n) is 15.4. The molecule has 37 heavy (non-hydrogen) atoms. The number of unbranched alkanes of at least 4 members (excludes halogenated alkanes) is 7. The van der Waals surface area contributed by atoms with Crippen LogP contribution in [0.3, 0.4) is 0 Å². The molecule has 0 aromatic rings. The van der Waals surface area contributed by atoms with Gasteiger partial charge in [-0.3, -0.25) is 9.59 Å². The molecule has 1 amide bonds. The molecule has 0 saturated heterocycles. The van der Waals surface area contributed by atoms with Crippen LogP contribution in [0.2, 0.25) is 0 Å². The Morgan fingerprint density at radius 3 is 2.24 bits per heavy atom. The lowest BCUT2D eigenvalue weighted by molar-refractivity contribution is -0.131. The maximum absolute atomic E-state index is 12.3. The number of Topliss-reactive ketones (excluding diaryl/α,β-unsaturated/α-hetero) is 1. The van der Waals surface area contributed by atoms with Gasteiger partial charge in [-0.1, -0.05) is 59.3 Å². The van der Waals surface area contributed by atoms with Gasteiger partial charge in [0.15, 0.2) is 0 Å². The summed E-state index contributed by atoms with van der Waals surface area (Å²) in [6, 6.07) is -0.368. The third kappa shape index (κ3) is 17.2. The summed E-state index contributed by atoms with van der Waals surface area (Å²) < 4.78 is 6.03. The zero-order chi connectivity index (χ0) is 27.3. The fourth-order valence-electron chi connectivity index (χ4n) is 5.39. The highest BCUT2D eigenvalue weighted by atomic mass is 16.5. The van der Waals surface area contributed by atoms with Crippen LogP contribution in [0.5, 0.6) is 0 Å². The lowest BCUT2D eigenvalue weighted by atomic mass is 9.75. The number of nitrogens with two attached hydrogens (primary N) is 2. The molecule has 0 spiro atoms. The molecular formula is C30H60N4O3. The fourth-order valence-corrected chi connectivity index (χ4v) is 5.39. The summed E-state index contributed by atoms with van der Waals surface area (Å²) >= 11 is 0. The molecule has 1 aliphatic carbocycles. The molecule has 1 unspecified atom stereocenters. The van der Waals surface area contributed by atoms with Gasteiger partial charge in [-0.2, -0.15) is 0 Å². The maximum atomic E-state index is 12.3. The van der Waals surface area contributed by atoms with Gasteiger partial charge in [-0.15, -0.1) is 0 Å². The highest BCUT2D eigenvalue weighted by Crippen LogP contribution is 2.35. The second-order valence-electron chi connectivity index (χ2n) is 11.7. The van der Waals surface area contributed by atoms with E-state index < -0.39 is 0 Å². The minimum Gasteiger partial charge on any atom is -0.368 e. The van der Waals surface area contributed by atoms with E-state index in [0.29, 0.717) is 37.1 Å². The first-order chi connectivity index (χ1) is 17.8. The van der Waals surface area contributed by atoms with Gasteiger partial charge in [0.25, 0.3) is 0 Å². The Kier molecular flexibility index (Phi) is 20.1. The summed E-state index contributed by atoms with van der Waals surface area (Å²) in [5.74, 6) is 1.95. The van der Waals surface area contributed by atoms with Crippen LogP contribution < -0.4 is 22.1 Å². The van der Waals surface area contributed by atoms with Gasteiger partial charge in [-0.25, -0.2) is 0 Å². The highest BCUT2D eigenvalue weighted by molar-refractivity contribution is 5.83. The van der Waals surface area contributed by atoms with Crippen molar-refractivity contribution >= 4 is 11.7 Å². The molecule has 0 radical (unpaired) electrons. The molecule has 7 nitrogen and oxygen atoms in total. The zero-order valence-corrected chi connectivity index (χ0v) is 24.4. The Morgan fingerprint density at radius 2 is 1.54 bits per heavy atom. The number of rotatable bonds is 23. The lowest BCUT2D eigenvalue weighted by Gasteiger charge is -2.37. The van der Waals surface area contributed by atoms with Crippen LogP contribution in [-0.4, -0.2) is 56.6 Å². The Hall–Kier alpha value is -1.02. The van der Waals surface area contributed by atoms with E-state index in [1.165, 1.54) is 44.9 Å². The smallest absolute Gasteiger partial charge is 0.246 e. The van der Waals surface area contributed by atoms with Gasteiger partial charge in [0.2, 0.25) is 5.91 Å². The number of carbonyl (C=O) groups excluding carboxylic acids is 2. The number of ether oxygens (including phenoxy) is 1. The molecular weight excluding hydrogens is 464 g/mol. The summed E-state index contributed by atoms with van der Waals surface area (Å²) in [6.45, 7) is 10.4. The van der Waals surface area contributed by atoms with Crippen molar-refractivity contribution in [3.63, 3.8) is 0 Å². The largest absolute Gasteiger partial charge is 0.368 e. The molecule has 6 N–H and O–H groups in total. The predicted molar refractivity (Wildman–Crippen MR) is 154 cm³/mol. The molecule has 0 bridgehead atoms. The number of ketones is 1. The average Bonchev–Trinajstić information content (AvgIpc) is 2.87. The summed E-state index contributed by atoms with van der Waals surface area (Å²) in [4.78, 5) is 24.5. The molecule has 4 atom stereocenters. The van der Waals surface area contributed by atoms with Crippen LogP contribution in [0.15, 0.2) is 0 Å². The normalized spacial score (nSPS) is 20.8. The Bertz CT molecular complexity index is 587. The second-order valence-corrected chi connectivity index (χ2v) is 11.7. The molecule has 7 heteroatoms. The van der Waals surface area contributed by atoms with E-state index in [2.05, 4.69) is 31.4 Å². The molecule has 1 fully saturated rings. The van der Waals surface area contributed by atoms with Crippen molar-refractivity contribution < 1.29 is 14.3 Å². The lowest BCUT2D eigenvalue weighted by Crippen LogP contribution is -2.37. The van der Waals surface area contributed by atoms with E-state index in [0.717, 1.165) is 58.2 Å². The number of amides is 1. The maximum Gasteiger partial charge on any atom is 0.246 e. The minimum atomic E-state index is -0.368. The zero-order valence-electron chi connectivity index (χ0n) is 24.4. The van der Waals surface area contributed by atoms with Crippen LogP contribution in [0.1, 0.15) is 117 Å². The van der Waals surface area contributed by atoms with Crippen molar-refractivity contribution in [1.29, 1.82) is 0 Å². The molecule has 1 rings (SSSR count). The fraction of sp³-hybridized carbons (Fsp3) is 0.933. The third-order valence-corrected chi connectivity index (χ3v) is 7.90. The molecule has 0 aliphatic heterocycles. The second kappa shape index (κ2) is 21.9. The monoisotopic (exact) mass is 524 g/mol. The van der Waals surface area contributed by atoms with Gasteiger partial charge in [-0.05, 0) is 88.8 Å². The topological polar surface area (TPSA) is 119 Å². The summed E-state index contributed by atoms with van der Waals surface area (Å²) in [7, 11) is 0. The molecule has 0 heterocycles. The number of carbonyl (C=O) groups is 2. The van der Waals surface area contributed by atoms with Crippen LogP contribution in [0.4, 0.5) is 0 Å². The van der Waals surface area contributed by atoms with E-state index in [9.17, 15) is 9.59 Å². The number of nitrogens with one attached hydrogen (secondary N) is 2. The van der Waals surface area contributed by atoms with Gasteiger partial charge < -0.3 is 26.8 Å². The summed E-state index contributed by atoms with van der Waals surface area (Å²) in [6.07, 6.45) is 16.0. The summed E-state index contributed by atoms with van der Waals surface area (Å²) in [5, 5.41) is 6.38. The van der Waals surface area contributed by atoms with Crippen LogP contribution in [-0.2, 0) is 14.3 Å². The van der Waals surface area contributed by atoms with Crippen molar-refractivity contribution in [1.82, 2.24) is 10.6 Å². The number of hydrogen-bond acceptors (Lipinski definition) is 6. The van der Waals surface area contributed by atoms with Crippen molar-refractivity contribution in [3.05, 3.63) is 0 Å². The Balaban J connectivity index is 1.97. The minimum absolute atomic E-state index is 0.0414. The highest BCUT2D eigenvalue weighted by Gasteiger charge is 2.31. The first kappa shape index (κ1) is 34.0. The number of hydrogen-bond donors (Lipinski definition) is 4. The van der Waals surface area contributed by atoms with Gasteiger partial charge in [0, 0.05) is 13.0 Å². The standard InChI is InChI=1S/C30H60N4O3/c1-24(2)26-17-16-25(3)22-29(26)37-23-30(36)34-21-12-10-14-27(32)28(35)15-9-7-5-4-6-8-11-19-33-20-13-18-31/h24-27,29,33H,4-23,31-32H2,1-3H3,(H,34,36)/t25-,26+,27-,29?/m0/s1. The quantitative estimate of drug-likeness (QED) is 0.144. The third-order valence-electron chi connectivity index (χ3n) is 7.90. The van der Waals surface area contributed by atoms with E-state index in [4.69, 9.17) is 16.2 Å². The Morgan fingerprint density at radius 1 is 0.892 bits per heavy atom. The van der Waals surface area contributed by atoms with Crippen molar-refractivity contribution in [2.45, 2.75) is 129 Å². The van der Waals surface area contributed by atoms with E-state index in [1.54, 1.807) is 0 Å². The van der Waals surface area contributed by atoms with Crippen LogP contribution in [0.25, 0.3) is 0 Å². The molecule has 1 saturated carbocycles. The van der Waals surface area contributed by atoms with Gasteiger partial charge >= 0.3 is 0 Å². The van der Waals surface area contributed by atoms with E-state index in [1.807, 2.05) is 0 Å². The molecule has 1 aliphatic rings. The van der Waals surface area contributed by atoms with Gasteiger partial charge in [0.05, 0.1) is 12.1 Å². The summed E-state index contributed by atoms with van der Waals surface area (Å²) in [5.41, 5.74) is 11.6. The molecule has 0 aromatic carbocycles. The predicted octanol–water partition coefficient (Wildman–Crippen LogP) is 4.71. The van der Waals surface area contributed by atoms with E-state index >= 15 is 0 Å². The van der Waals surface area contributed by atoms with Crippen LogP contribution in [0, 0.1) is 17.8 Å². The van der Waals surface area contributed by atoms with E-state index in [-0.39, 0.29) is 30.4 Å². The van der Waals surface area contributed by atoms with Crippen LogP contribution >= 0.6 is 0 Å². The average molecular weight is 525 g/mol. The first-order valence-corrected chi connectivity index (χ1v) is 15.4. The van der Waals surface area contributed by atoms with Crippen molar-refractivity contribution in [3.8, 4) is 0 Å².